The van der Waals surface area contributed by atoms with Gasteiger partial charge in [-0.1, -0.05) is 0 Å². The first-order valence-electron chi connectivity index (χ1n) is 4.26. The molecule has 5 nitrogen and oxygen atoms in total. The Labute approximate surface area is 90.1 Å². The summed E-state index contributed by atoms with van der Waals surface area (Å²) < 4.78 is 4.56. The maximum absolute atomic E-state index is 11.2. The van der Waals surface area contributed by atoms with Gasteiger partial charge in [-0.2, -0.15) is 0 Å². The maximum Gasteiger partial charge on any atom is 0.356 e. The van der Waals surface area contributed by atoms with Crippen LogP contribution in [0.3, 0.4) is 0 Å². The lowest BCUT2D eigenvalue weighted by molar-refractivity contribution is 0.0595. The van der Waals surface area contributed by atoms with Crippen molar-refractivity contribution in [2.24, 2.45) is 0 Å². The van der Waals surface area contributed by atoms with Crippen molar-refractivity contribution >= 4 is 17.3 Å². The van der Waals surface area contributed by atoms with E-state index in [4.69, 9.17) is 0 Å². The zero-order chi connectivity index (χ0) is 10.8. The van der Waals surface area contributed by atoms with Crippen molar-refractivity contribution in [3.63, 3.8) is 0 Å². The third kappa shape index (κ3) is 1.89. The predicted octanol–water partition coefficient (Wildman–Crippen LogP) is 1.63. The fraction of sp³-hybridized carbons (Fsp3) is 0.222. The van der Waals surface area contributed by atoms with Crippen LogP contribution >= 0.6 is 11.3 Å². The predicted molar refractivity (Wildman–Crippen MR) is 55.8 cm³/mol. The number of esters is 1. The molecule has 0 unspecified atom stereocenters. The minimum atomic E-state index is -0.429. The average molecular weight is 223 g/mol. The number of aryl methyl sites for hydroxylation is 1. The molecule has 78 valence electrons. The Balaban J connectivity index is 2.31. The quantitative estimate of drug-likeness (QED) is 0.786. The number of carbonyl (C=O) groups is 1. The second-order valence-corrected chi connectivity index (χ2v) is 3.79. The summed E-state index contributed by atoms with van der Waals surface area (Å²) in [4.78, 5) is 22.3. The molecule has 0 bridgehead atoms. The average Bonchev–Trinajstić information content (AvgIpc) is 2.84. The van der Waals surface area contributed by atoms with Gasteiger partial charge in [-0.3, -0.25) is 0 Å². The van der Waals surface area contributed by atoms with Crippen molar-refractivity contribution in [1.82, 2.24) is 15.0 Å². The van der Waals surface area contributed by atoms with Crippen LogP contribution in [0.1, 0.15) is 16.2 Å². The molecule has 0 aliphatic heterocycles. The van der Waals surface area contributed by atoms with Crippen LogP contribution in [0.4, 0.5) is 0 Å². The second-order valence-electron chi connectivity index (χ2n) is 2.93. The van der Waals surface area contributed by atoms with E-state index in [0.717, 1.165) is 10.7 Å². The summed E-state index contributed by atoms with van der Waals surface area (Å²) in [5, 5.41) is 2.69. The van der Waals surface area contributed by atoms with Gasteiger partial charge in [0.2, 0.25) is 0 Å². The van der Waals surface area contributed by atoms with E-state index in [9.17, 15) is 4.79 Å². The lowest BCUT2D eigenvalue weighted by Gasteiger charge is -1.92. The fourth-order valence-corrected chi connectivity index (χ4v) is 1.85. The van der Waals surface area contributed by atoms with Crippen LogP contribution < -0.4 is 0 Å². The number of aromatic amines is 1. The number of methoxy groups -OCH3 is 1. The van der Waals surface area contributed by atoms with Crippen LogP contribution in [0.15, 0.2) is 11.6 Å². The van der Waals surface area contributed by atoms with Gasteiger partial charge in [0.1, 0.15) is 5.69 Å². The summed E-state index contributed by atoms with van der Waals surface area (Å²) in [7, 11) is 1.33. The molecule has 2 aromatic rings. The van der Waals surface area contributed by atoms with Crippen LogP contribution in [-0.2, 0) is 4.74 Å². The van der Waals surface area contributed by atoms with Gasteiger partial charge in [-0.05, 0) is 6.92 Å². The SMILES string of the molecule is COC(=O)c1cnc(-c2nc(C)cs2)[nH]1. The third-order valence-electron chi connectivity index (χ3n) is 1.80. The Hall–Kier alpha value is -1.69. The molecule has 0 aromatic carbocycles. The largest absolute Gasteiger partial charge is 0.464 e. The van der Waals surface area contributed by atoms with Gasteiger partial charge in [-0.15, -0.1) is 11.3 Å². The molecular weight excluding hydrogens is 214 g/mol. The molecule has 0 radical (unpaired) electrons. The Morgan fingerprint density at radius 3 is 3.00 bits per heavy atom. The number of rotatable bonds is 2. The van der Waals surface area contributed by atoms with E-state index < -0.39 is 5.97 Å². The number of thiazole rings is 1. The molecule has 0 aliphatic carbocycles. The van der Waals surface area contributed by atoms with E-state index in [1.54, 1.807) is 0 Å². The first kappa shape index (κ1) is 9.85. The van der Waals surface area contributed by atoms with Crippen molar-refractivity contribution in [2.75, 3.05) is 7.11 Å². The smallest absolute Gasteiger partial charge is 0.356 e. The summed E-state index contributed by atoms with van der Waals surface area (Å²) in [5.41, 5.74) is 1.27. The van der Waals surface area contributed by atoms with E-state index in [-0.39, 0.29) is 0 Å². The van der Waals surface area contributed by atoms with Crippen LogP contribution in [0.25, 0.3) is 10.8 Å². The summed E-state index contributed by atoms with van der Waals surface area (Å²) in [6.45, 7) is 1.91. The first-order chi connectivity index (χ1) is 7.20. The summed E-state index contributed by atoms with van der Waals surface area (Å²) in [6, 6.07) is 0. The van der Waals surface area contributed by atoms with Crippen LogP contribution in [0, 0.1) is 6.92 Å². The number of hydrogen-bond acceptors (Lipinski definition) is 5. The molecular formula is C9H9N3O2S. The molecule has 0 saturated carbocycles. The minimum absolute atomic E-state index is 0.334. The number of nitrogens with one attached hydrogen (secondary N) is 1. The highest BCUT2D eigenvalue weighted by Gasteiger charge is 2.12. The molecule has 2 aromatic heterocycles. The van der Waals surface area contributed by atoms with Gasteiger partial charge < -0.3 is 9.72 Å². The minimum Gasteiger partial charge on any atom is -0.464 e. The Bertz CT molecular complexity index is 489. The lowest BCUT2D eigenvalue weighted by atomic mass is 10.5. The number of H-pyrrole nitrogens is 1. The number of carbonyl (C=O) groups excluding carboxylic acids is 1. The zero-order valence-corrected chi connectivity index (χ0v) is 9.09. The van der Waals surface area contributed by atoms with Crippen LogP contribution in [0.5, 0.6) is 0 Å². The van der Waals surface area contributed by atoms with E-state index in [1.165, 1.54) is 24.6 Å². The van der Waals surface area contributed by atoms with Gasteiger partial charge in [0.15, 0.2) is 10.8 Å². The van der Waals surface area contributed by atoms with E-state index >= 15 is 0 Å². The van der Waals surface area contributed by atoms with Gasteiger partial charge >= 0.3 is 5.97 Å². The first-order valence-corrected chi connectivity index (χ1v) is 5.14. The highest BCUT2D eigenvalue weighted by molar-refractivity contribution is 7.13. The standard InChI is InChI=1S/C9H9N3O2S/c1-5-4-15-8(11-5)7-10-3-6(12-7)9(13)14-2/h3-4H,1-2H3,(H,10,12). The molecule has 6 heteroatoms. The lowest BCUT2D eigenvalue weighted by Crippen LogP contribution is -2.00. The molecule has 0 spiro atoms. The summed E-state index contributed by atoms with van der Waals surface area (Å²) in [6.07, 6.45) is 1.44. The van der Waals surface area contributed by atoms with E-state index in [2.05, 4.69) is 19.7 Å². The number of imidazole rings is 1. The van der Waals surface area contributed by atoms with Crippen molar-refractivity contribution in [1.29, 1.82) is 0 Å². The normalized spacial score (nSPS) is 10.3. The van der Waals surface area contributed by atoms with Gasteiger partial charge in [0, 0.05) is 11.1 Å². The van der Waals surface area contributed by atoms with Gasteiger partial charge in [-0.25, -0.2) is 14.8 Å². The van der Waals surface area contributed by atoms with Crippen molar-refractivity contribution in [3.05, 3.63) is 23.0 Å². The zero-order valence-electron chi connectivity index (χ0n) is 8.27. The molecule has 2 heterocycles. The van der Waals surface area contributed by atoms with Gasteiger partial charge in [0.05, 0.1) is 13.3 Å². The highest BCUT2D eigenvalue weighted by Crippen LogP contribution is 2.20. The van der Waals surface area contributed by atoms with E-state index in [0.29, 0.717) is 11.5 Å². The molecule has 1 N–H and O–H groups in total. The van der Waals surface area contributed by atoms with Crippen LogP contribution in [-0.4, -0.2) is 28.0 Å². The number of hydrogen-bond donors (Lipinski definition) is 1. The second kappa shape index (κ2) is 3.82. The molecule has 0 aliphatic rings. The number of nitrogens with zero attached hydrogens (tertiary/aromatic N) is 2. The van der Waals surface area contributed by atoms with Crippen LogP contribution in [0.2, 0.25) is 0 Å². The molecule has 0 atom stereocenters. The molecule has 15 heavy (non-hydrogen) atoms. The number of aromatic nitrogens is 3. The summed E-state index contributed by atoms with van der Waals surface area (Å²) in [5.74, 6) is 0.163. The maximum atomic E-state index is 11.2. The van der Waals surface area contributed by atoms with Crippen molar-refractivity contribution in [2.45, 2.75) is 6.92 Å². The topological polar surface area (TPSA) is 67.9 Å². The fourth-order valence-electron chi connectivity index (χ4n) is 1.11. The molecule has 0 amide bonds. The Kier molecular flexibility index (Phi) is 2.51. The monoisotopic (exact) mass is 223 g/mol. The number of ether oxygens (including phenoxy) is 1. The highest BCUT2D eigenvalue weighted by atomic mass is 32.1. The Morgan fingerprint density at radius 1 is 1.60 bits per heavy atom. The van der Waals surface area contributed by atoms with Gasteiger partial charge in [0.25, 0.3) is 0 Å². The third-order valence-corrected chi connectivity index (χ3v) is 2.77. The van der Waals surface area contributed by atoms with Crippen molar-refractivity contribution < 1.29 is 9.53 Å². The molecule has 2 rings (SSSR count). The molecule has 0 fully saturated rings. The summed E-state index contributed by atoms with van der Waals surface area (Å²) >= 11 is 1.48. The van der Waals surface area contributed by atoms with E-state index in [1.807, 2.05) is 12.3 Å². The van der Waals surface area contributed by atoms with Crippen molar-refractivity contribution in [3.8, 4) is 10.8 Å². The molecule has 0 saturated heterocycles. The Morgan fingerprint density at radius 2 is 2.40 bits per heavy atom.